The normalized spacial score (nSPS) is 10.3. The van der Waals surface area contributed by atoms with Gasteiger partial charge < -0.3 is 4.90 Å². The number of rotatable bonds is 3. The number of aryl methyl sites for hydroxylation is 2. The molecular formula is C16H18N2O. The molecule has 0 saturated heterocycles. The van der Waals surface area contributed by atoms with Crippen LogP contribution in [0.1, 0.15) is 27.2 Å². The molecule has 0 N–H and O–H groups in total. The number of hydrogen-bond acceptors (Lipinski definition) is 2. The van der Waals surface area contributed by atoms with E-state index in [0.717, 1.165) is 16.8 Å². The number of carbonyl (C=O) groups excluding carboxylic acids is 1. The first-order valence-electron chi connectivity index (χ1n) is 6.30. The molecule has 19 heavy (non-hydrogen) atoms. The van der Waals surface area contributed by atoms with Crippen molar-refractivity contribution in [1.82, 2.24) is 9.88 Å². The van der Waals surface area contributed by atoms with Gasteiger partial charge in [0.05, 0.1) is 12.2 Å². The van der Waals surface area contributed by atoms with Gasteiger partial charge in [-0.05, 0) is 37.6 Å². The zero-order valence-corrected chi connectivity index (χ0v) is 11.6. The monoisotopic (exact) mass is 254 g/mol. The van der Waals surface area contributed by atoms with Crippen LogP contribution in [0.4, 0.5) is 0 Å². The molecule has 98 valence electrons. The first kappa shape index (κ1) is 13.3. The summed E-state index contributed by atoms with van der Waals surface area (Å²) in [7, 11) is 1.80. The Morgan fingerprint density at radius 3 is 2.47 bits per heavy atom. The lowest BCUT2D eigenvalue weighted by Gasteiger charge is -2.18. The van der Waals surface area contributed by atoms with E-state index in [4.69, 9.17) is 0 Å². The maximum absolute atomic E-state index is 12.3. The van der Waals surface area contributed by atoms with Crippen molar-refractivity contribution >= 4 is 5.91 Å². The van der Waals surface area contributed by atoms with E-state index in [9.17, 15) is 4.79 Å². The molecule has 0 spiro atoms. The van der Waals surface area contributed by atoms with Crippen molar-refractivity contribution in [2.75, 3.05) is 7.05 Å². The van der Waals surface area contributed by atoms with Gasteiger partial charge in [0.2, 0.25) is 0 Å². The zero-order chi connectivity index (χ0) is 13.8. The fourth-order valence-corrected chi connectivity index (χ4v) is 1.90. The molecule has 1 aromatic carbocycles. The Kier molecular flexibility index (Phi) is 3.95. The van der Waals surface area contributed by atoms with E-state index in [1.807, 2.05) is 50.2 Å². The summed E-state index contributed by atoms with van der Waals surface area (Å²) < 4.78 is 0. The van der Waals surface area contributed by atoms with E-state index >= 15 is 0 Å². The van der Waals surface area contributed by atoms with E-state index in [2.05, 4.69) is 4.98 Å². The van der Waals surface area contributed by atoms with Gasteiger partial charge >= 0.3 is 0 Å². The standard InChI is InChI=1S/C16H18N2O/c1-12-6-8-14(9-7-12)16(19)18(3)11-15-13(2)5-4-10-17-15/h4-10H,11H2,1-3H3. The summed E-state index contributed by atoms with van der Waals surface area (Å²) in [5, 5.41) is 0. The highest BCUT2D eigenvalue weighted by atomic mass is 16.2. The van der Waals surface area contributed by atoms with Crippen LogP contribution in [0.15, 0.2) is 42.6 Å². The fourth-order valence-electron chi connectivity index (χ4n) is 1.90. The van der Waals surface area contributed by atoms with Gasteiger partial charge in [-0.2, -0.15) is 0 Å². The van der Waals surface area contributed by atoms with E-state index in [-0.39, 0.29) is 5.91 Å². The van der Waals surface area contributed by atoms with Crippen LogP contribution in [-0.2, 0) is 6.54 Å². The number of nitrogens with zero attached hydrogens (tertiary/aromatic N) is 2. The highest BCUT2D eigenvalue weighted by Gasteiger charge is 2.13. The Bertz CT molecular complexity index is 576. The van der Waals surface area contributed by atoms with Gasteiger partial charge in [-0.1, -0.05) is 23.8 Å². The Hall–Kier alpha value is -2.16. The minimum atomic E-state index is 0.0186. The number of aromatic nitrogens is 1. The van der Waals surface area contributed by atoms with Gasteiger partial charge in [-0.15, -0.1) is 0 Å². The Balaban J connectivity index is 2.12. The molecule has 2 rings (SSSR count). The molecule has 1 heterocycles. The Morgan fingerprint density at radius 2 is 1.84 bits per heavy atom. The lowest BCUT2D eigenvalue weighted by Crippen LogP contribution is -2.27. The minimum absolute atomic E-state index is 0.0186. The van der Waals surface area contributed by atoms with Crippen LogP contribution in [0.25, 0.3) is 0 Å². The third-order valence-corrected chi connectivity index (χ3v) is 3.15. The van der Waals surface area contributed by atoms with Crippen LogP contribution >= 0.6 is 0 Å². The van der Waals surface area contributed by atoms with Crippen molar-refractivity contribution in [2.24, 2.45) is 0 Å². The van der Waals surface area contributed by atoms with Gasteiger partial charge in [0.15, 0.2) is 0 Å². The smallest absolute Gasteiger partial charge is 0.253 e. The second-order valence-electron chi connectivity index (χ2n) is 4.79. The summed E-state index contributed by atoms with van der Waals surface area (Å²) in [6, 6.07) is 11.5. The minimum Gasteiger partial charge on any atom is -0.336 e. The third-order valence-electron chi connectivity index (χ3n) is 3.15. The molecule has 1 amide bonds. The van der Waals surface area contributed by atoms with E-state index < -0.39 is 0 Å². The average Bonchev–Trinajstić information content (AvgIpc) is 2.41. The van der Waals surface area contributed by atoms with Crippen LogP contribution in [0.5, 0.6) is 0 Å². The summed E-state index contributed by atoms with van der Waals surface area (Å²) in [4.78, 5) is 18.3. The predicted molar refractivity (Wildman–Crippen MR) is 76.0 cm³/mol. The number of benzene rings is 1. The van der Waals surface area contributed by atoms with Crippen molar-refractivity contribution in [3.05, 3.63) is 65.0 Å². The van der Waals surface area contributed by atoms with Crippen LogP contribution in [-0.4, -0.2) is 22.8 Å². The summed E-state index contributed by atoms with van der Waals surface area (Å²) in [5.41, 5.74) is 3.90. The Morgan fingerprint density at radius 1 is 1.16 bits per heavy atom. The third kappa shape index (κ3) is 3.19. The Labute approximate surface area is 113 Å². The highest BCUT2D eigenvalue weighted by molar-refractivity contribution is 5.94. The van der Waals surface area contributed by atoms with Crippen LogP contribution in [0.2, 0.25) is 0 Å². The first-order chi connectivity index (χ1) is 9.08. The summed E-state index contributed by atoms with van der Waals surface area (Å²) in [5.74, 6) is 0.0186. The number of carbonyl (C=O) groups is 1. The molecule has 3 nitrogen and oxygen atoms in total. The SMILES string of the molecule is Cc1ccc(C(=O)N(C)Cc2ncccc2C)cc1. The van der Waals surface area contributed by atoms with E-state index in [1.165, 1.54) is 0 Å². The van der Waals surface area contributed by atoms with Gasteiger partial charge in [-0.3, -0.25) is 9.78 Å². The number of amides is 1. The fraction of sp³-hybridized carbons (Fsp3) is 0.250. The number of pyridine rings is 1. The van der Waals surface area contributed by atoms with Gasteiger partial charge in [0.25, 0.3) is 5.91 Å². The molecule has 0 bridgehead atoms. The zero-order valence-electron chi connectivity index (χ0n) is 11.6. The molecule has 0 unspecified atom stereocenters. The van der Waals surface area contributed by atoms with Crippen molar-refractivity contribution in [2.45, 2.75) is 20.4 Å². The highest BCUT2D eigenvalue weighted by Crippen LogP contribution is 2.10. The largest absolute Gasteiger partial charge is 0.336 e. The molecule has 0 aliphatic rings. The molecule has 0 radical (unpaired) electrons. The topological polar surface area (TPSA) is 33.2 Å². The lowest BCUT2D eigenvalue weighted by molar-refractivity contribution is 0.0783. The maximum atomic E-state index is 12.3. The van der Waals surface area contributed by atoms with Crippen molar-refractivity contribution in [3.8, 4) is 0 Å². The van der Waals surface area contributed by atoms with Crippen LogP contribution < -0.4 is 0 Å². The summed E-state index contributed by atoms with van der Waals surface area (Å²) in [6.45, 7) is 4.54. The second-order valence-corrected chi connectivity index (χ2v) is 4.79. The van der Waals surface area contributed by atoms with Crippen molar-refractivity contribution in [1.29, 1.82) is 0 Å². The lowest BCUT2D eigenvalue weighted by atomic mass is 10.1. The van der Waals surface area contributed by atoms with E-state index in [1.54, 1.807) is 18.1 Å². The van der Waals surface area contributed by atoms with Gasteiger partial charge in [0.1, 0.15) is 0 Å². The molecule has 0 aliphatic carbocycles. The van der Waals surface area contributed by atoms with Gasteiger partial charge in [-0.25, -0.2) is 0 Å². The molecular weight excluding hydrogens is 236 g/mol. The molecule has 0 atom stereocenters. The quantitative estimate of drug-likeness (QED) is 0.843. The molecule has 2 aromatic rings. The summed E-state index contributed by atoms with van der Waals surface area (Å²) in [6.07, 6.45) is 1.76. The first-order valence-corrected chi connectivity index (χ1v) is 6.30. The average molecular weight is 254 g/mol. The van der Waals surface area contributed by atoms with Crippen LogP contribution in [0.3, 0.4) is 0 Å². The van der Waals surface area contributed by atoms with Crippen molar-refractivity contribution in [3.63, 3.8) is 0 Å². The number of hydrogen-bond donors (Lipinski definition) is 0. The van der Waals surface area contributed by atoms with Crippen LogP contribution in [0, 0.1) is 13.8 Å². The summed E-state index contributed by atoms with van der Waals surface area (Å²) >= 11 is 0. The molecule has 0 aliphatic heterocycles. The predicted octanol–water partition coefficient (Wildman–Crippen LogP) is 2.97. The van der Waals surface area contributed by atoms with E-state index in [0.29, 0.717) is 12.1 Å². The van der Waals surface area contributed by atoms with Crippen molar-refractivity contribution < 1.29 is 4.79 Å². The molecule has 3 heteroatoms. The second kappa shape index (κ2) is 5.65. The maximum Gasteiger partial charge on any atom is 0.253 e. The molecule has 0 saturated carbocycles. The molecule has 1 aromatic heterocycles. The molecule has 0 fully saturated rings. The van der Waals surface area contributed by atoms with Gasteiger partial charge in [0, 0.05) is 18.8 Å².